The minimum Gasteiger partial charge on any atom is -0.497 e. The Bertz CT molecular complexity index is 1670. The van der Waals surface area contributed by atoms with Gasteiger partial charge in [0, 0.05) is 35.0 Å². The second kappa shape index (κ2) is 10.3. The monoisotopic (exact) mass is 556 g/mol. The first-order valence-corrected chi connectivity index (χ1v) is 13.7. The van der Waals surface area contributed by atoms with Gasteiger partial charge in [-0.3, -0.25) is 19.8 Å². The lowest BCUT2D eigenvalue weighted by Gasteiger charge is -2.20. The highest BCUT2D eigenvalue weighted by Crippen LogP contribution is 2.46. The Morgan fingerprint density at radius 2 is 1.79 bits per heavy atom. The third-order valence-electron chi connectivity index (χ3n) is 6.19. The number of methoxy groups -OCH3 is 1. The van der Waals surface area contributed by atoms with Crippen molar-refractivity contribution in [3.63, 3.8) is 0 Å². The van der Waals surface area contributed by atoms with E-state index in [0.29, 0.717) is 21.4 Å². The number of nitro benzene ring substituents is 1. The molecule has 2 aromatic heterocycles. The van der Waals surface area contributed by atoms with Gasteiger partial charge in [-0.05, 0) is 36.4 Å². The lowest BCUT2D eigenvalue weighted by atomic mass is 10.1. The third kappa shape index (κ3) is 4.75. The second-order valence-electron chi connectivity index (χ2n) is 8.57. The van der Waals surface area contributed by atoms with Crippen LogP contribution in [0.25, 0.3) is 27.5 Å². The Morgan fingerprint density at radius 3 is 2.54 bits per heavy atom. The number of anilines is 1. The number of thioether (sulfide) groups is 1. The van der Waals surface area contributed by atoms with Crippen LogP contribution in [-0.4, -0.2) is 43.7 Å². The van der Waals surface area contributed by atoms with Crippen LogP contribution in [-0.2, 0) is 4.79 Å². The Kier molecular flexibility index (Phi) is 6.55. The Labute approximate surface area is 231 Å². The van der Waals surface area contributed by atoms with Crippen molar-refractivity contribution in [1.82, 2.24) is 20.0 Å². The average molecular weight is 557 g/mol. The van der Waals surface area contributed by atoms with Crippen molar-refractivity contribution >= 4 is 39.8 Å². The number of hydrogen-bond donors (Lipinski definition) is 0. The van der Waals surface area contributed by atoms with Crippen molar-refractivity contribution in [1.29, 1.82) is 0 Å². The highest BCUT2D eigenvalue weighted by atomic mass is 32.2. The topological polar surface area (TPSA) is 116 Å². The van der Waals surface area contributed by atoms with Gasteiger partial charge in [0.05, 0.1) is 29.2 Å². The number of carbonyl (C=O) groups excluding carboxylic acids is 1. The van der Waals surface area contributed by atoms with Crippen LogP contribution in [0, 0.1) is 10.1 Å². The molecule has 0 radical (unpaired) electrons. The molecule has 5 aromatic rings. The first-order chi connectivity index (χ1) is 19.0. The summed E-state index contributed by atoms with van der Waals surface area (Å²) in [6.45, 7) is 0. The second-order valence-corrected chi connectivity index (χ2v) is 10.6. The molecule has 0 spiro atoms. The fraction of sp³-hybridized carbons (Fsp3) is 0.111. The van der Waals surface area contributed by atoms with Gasteiger partial charge >= 0.3 is 0 Å². The first kappa shape index (κ1) is 24.8. The summed E-state index contributed by atoms with van der Waals surface area (Å²) >= 11 is 2.78. The number of non-ortho nitro benzene ring substituents is 1. The van der Waals surface area contributed by atoms with Gasteiger partial charge < -0.3 is 4.74 Å². The molecule has 3 heterocycles. The Balaban J connectivity index is 1.43. The average Bonchev–Trinajstić information content (AvgIpc) is 3.72. The summed E-state index contributed by atoms with van der Waals surface area (Å²) in [6.07, 6.45) is 1.87. The molecule has 39 heavy (non-hydrogen) atoms. The van der Waals surface area contributed by atoms with Gasteiger partial charge in [0.1, 0.15) is 16.1 Å². The highest BCUT2D eigenvalue weighted by Gasteiger charge is 2.39. The van der Waals surface area contributed by atoms with Crippen LogP contribution in [0.2, 0.25) is 0 Å². The summed E-state index contributed by atoms with van der Waals surface area (Å²) in [5, 5.41) is 25.7. The van der Waals surface area contributed by atoms with Gasteiger partial charge in [-0.25, -0.2) is 4.68 Å². The molecule has 10 nitrogen and oxygen atoms in total. The minimum absolute atomic E-state index is 0.0343. The molecular weight excluding hydrogens is 536 g/mol. The molecule has 1 unspecified atom stereocenters. The maximum absolute atomic E-state index is 13.2. The zero-order chi connectivity index (χ0) is 26.9. The Hall–Kier alpha value is -4.55. The van der Waals surface area contributed by atoms with Gasteiger partial charge in [0.25, 0.3) is 5.69 Å². The predicted molar refractivity (Wildman–Crippen MR) is 150 cm³/mol. The molecule has 3 aromatic carbocycles. The summed E-state index contributed by atoms with van der Waals surface area (Å²) in [4.78, 5) is 25.9. The van der Waals surface area contributed by atoms with E-state index in [1.54, 1.807) is 28.8 Å². The van der Waals surface area contributed by atoms with E-state index in [0.717, 1.165) is 22.6 Å². The summed E-state index contributed by atoms with van der Waals surface area (Å²) in [5.41, 5.74) is 3.55. The first-order valence-electron chi connectivity index (χ1n) is 11.8. The van der Waals surface area contributed by atoms with E-state index in [4.69, 9.17) is 9.84 Å². The fourth-order valence-corrected chi connectivity index (χ4v) is 6.42. The van der Waals surface area contributed by atoms with Crippen LogP contribution < -0.4 is 9.64 Å². The van der Waals surface area contributed by atoms with E-state index in [-0.39, 0.29) is 17.3 Å². The number of para-hydroxylation sites is 1. The molecule has 12 heteroatoms. The van der Waals surface area contributed by atoms with Crippen molar-refractivity contribution in [2.24, 2.45) is 0 Å². The van der Waals surface area contributed by atoms with E-state index < -0.39 is 10.3 Å². The lowest BCUT2D eigenvalue weighted by molar-refractivity contribution is -0.384. The molecule has 194 valence electrons. The van der Waals surface area contributed by atoms with Crippen LogP contribution >= 0.6 is 23.1 Å². The molecule has 1 fully saturated rings. The van der Waals surface area contributed by atoms with E-state index in [1.807, 2.05) is 60.8 Å². The molecule has 1 atom stereocenters. The molecule has 0 N–H and O–H groups in total. The van der Waals surface area contributed by atoms with Crippen LogP contribution in [0.1, 0.15) is 10.9 Å². The number of rotatable bonds is 7. The molecule has 0 saturated carbocycles. The maximum Gasteiger partial charge on any atom is 0.270 e. The summed E-state index contributed by atoms with van der Waals surface area (Å²) in [5.74, 6) is 0.895. The number of carbonyl (C=O) groups is 1. The lowest BCUT2D eigenvalue weighted by Crippen LogP contribution is -2.27. The van der Waals surface area contributed by atoms with Gasteiger partial charge in [-0.1, -0.05) is 41.7 Å². The van der Waals surface area contributed by atoms with Gasteiger partial charge in [-0.15, -0.1) is 22.0 Å². The molecule has 1 aliphatic rings. The fourth-order valence-electron chi connectivity index (χ4n) is 4.30. The largest absolute Gasteiger partial charge is 0.497 e. The van der Waals surface area contributed by atoms with E-state index in [9.17, 15) is 14.9 Å². The van der Waals surface area contributed by atoms with E-state index in [2.05, 4.69) is 10.2 Å². The summed E-state index contributed by atoms with van der Waals surface area (Å²) in [7, 11) is 1.61. The number of nitro groups is 1. The third-order valence-corrected chi connectivity index (χ3v) is 8.35. The molecule has 6 rings (SSSR count). The number of nitrogens with zero attached hydrogens (tertiary/aromatic N) is 6. The highest BCUT2D eigenvalue weighted by molar-refractivity contribution is 8.00. The molecule has 1 amide bonds. The van der Waals surface area contributed by atoms with E-state index in [1.165, 1.54) is 35.2 Å². The number of amides is 1. The SMILES string of the molecule is COc1ccc(-c2nnc(N3C(=O)CSC3c3cn(-c4ccccc4)nc3-c3cccc([N+](=O)[O-])c3)s2)cc1. The predicted octanol–water partition coefficient (Wildman–Crippen LogP) is 5.75. The van der Waals surface area contributed by atoms with Gasteiger partial charge in [-0.2, -0.15) is 5.10 Å². The summed E-state index contributed by atoms with van der Waals surface area (Å²) < 4.78 is 6.97. The van der Waals surface area contributed by atoms with Crippen molar-refractivity contribution in [2.45, 2.75) is 5.37 Å². The van der Waals surface area contributed by atoms with Crippen molar-refractivity contribution < 1.29 is 14.5 Å². The van der Waals surface area contributed by atoms with Crippen LogP contribution in [0.4, 0.5) is 10.8 Å². The molecule has 0 aliphatic carbocycles. The quantitative estimate of drug-likeness (QED) is 0.184. The van der Waals surface area contributed by atoms with Crippen LogP contribution in [0.3, 0.4) is 0 Å². The number of ether oxygens (including phenoxy) is 1. The zero-order valence-corrected chi connectivity index (χ0v) is 22.1. The van der Waals surface area contributed by atoms with E-state index >= 15 is 0 Å². The summed E-state index contributed by atoms with van der Waals surface area (Å²) in [6, 6.07) is 23.4. The molecule has 1 aliphatic heterocycles. The van der Waals surface area contributed by atoms with Crippen molar-refractivity contribution in [3.05, 3.63) is 101 Å². The van der Waals surface area contributed by atoms with Crippen molar-refractivity contribution in [2.75, 3.05) is 17.8 Å². The Morgan fingerprint density at radius 1 is 1.00 bits per heavy atom. The molecule has 1 saturated heterocycles. The smallest absolute Gasteiger partial charge is 0.270 e. The number of benzene rings is 3. The van der Waals surface area contributed by atoms with Gasteiger partial charge in [0.2, 0.25) is 11.0 Å². The standard InChI is InChI=1S/C27H20N6O4S2/c1-37-21-12-10-17(11-13-21)25-28-29-27(39-25)32-23(34)16-38-26(32)22-15-31(19-7-3-2-4-8-19)30-24(22)18-6-5-9-20(14-18)33(35)36/h2-15,26H,16H2,1H3. The van der Waals surface area contributed by atoms with Crippen LogP contribution in [0.5, 0.6) is 5.75 Å². The minimum atomic E-state index is -0.444. The van der Waals surface area contributed by atoms with Gasteiger partial charge in [0.15, 0.2) is 0 Å². The molecule has 0 bridgehead atoms. The van der Waals surface area contributed by atoms with Crippen molar-refractivity contribution in [3.8, 4) is 33.3 Å². The zero-order valence-electron chi connectivity index (χ0n) is 20.5. The number of hydrogen-bond acceptors (Lipinski definition) is 9. The normalized spacial score (nSPS) is 15.1. The maximum atomic E-state index is 13.2. The molecular formula is C27H20N6O4S2. The number of aromatic nitrogens is 4. The van der Waals surface area contributed by atoms with Crippen LogP contribution in [0.15, 0.2) is 85.1 Å².